The lowest BCUT2D eigenvalue weighted by Gasteiger charge is -2.26. The normalized spacial score (nSPS) is 14.1. The SMILES string of the molecule is Cl.O=S(=O)(c1ccc(Cl)cc1)N(Cc1ncccc1OCCCN1CCCCC1)c1cc(F)ccc1F. The Balaban J connectivity index is 0.00000380. The molecular formula is C26H29Cl2F2N3O3S. The second-order valence-corrected chi connectivity index (χ2v) is 10.9. The fourth-order valence-corrected chi connectivity index (χ4v) is 5.72. The van der Waals surface area contributed by atoms with Gasteiger partial charge >= 0.3 is 0 Å². The van der Waals surface area contributed by atoms with Crippen LogP contribution in [0, 0.1) is 11.6 Å². The third kappa shape index (κ3) is 7.54. The number of halogens is 4. The molecule has 11 heteroatoms. The summed E-state index contributed by atoms with van der Waals surface area (Å²) in [6.07, 6.45) is 6.00. The predicted octanol–water partition coefficient (Wildman–Crippen LogP) is 6.09. The molecule has 0 bridgehead atoms. The summed E-state index contributed by atoms with van der Waals surface area (Å²) < 4.78 is 62.8. The molecule has 1 aromatic heterocycles. The number of benzene rings is 2. The van der Waals surface area contributed by atoms with E-state index in [-0.39, 0.29) is 29.5 Å². The van der Waals surface area contributed by atoms with Crippen molar-refractivity contribution in [2.45, 2.75) is 37.1 Å². The van der Waals surface area contributed by atoms with E-state index in [1.807, 2.05) is 0 Å². The van der Waals surface area contributed by atoms with Crippen LogP contribution in [-0.4, -0.2) is 44.5 Å². The lowest BCUT2D eigenvalue weighted by Crippen LogP contribution is -2.32. The number of sulfonamides is 1. The first kappa shape index (κ1) is 29.1. The van der Waals surface area contributed by atoms with Crippen molar-refractivity contribution in [3.8, 4) is 5.75 Å². The molecule has 2 heterocycles. The zero-order chi connectivity index (χ0) is 25.5. The van der Waals surface area contributed by atoms with Gasteiger partial charge in [0, 0.05) is 23.8 Å². The molecule has 0 saturated carbocycles. The van der Waals surface area contributed by atoms with Crippen LogP contribution in [0.5, 0.6) is 5.75 Å². The molecule has 200 valence electrons. The molecule has 0 atom stereocenters. The fraction of sp³-hybridized carbons (Fsp3) is 0.346. The molecule has 1 aliphatic heterocycles. The van der Waals surface area contributed by atoms with Crippen molar-refractivity contribution in [2.75, 3.05) is 30.5 Å². The number of rotatable bonds is 10. The summed E-state index contributed by atoms with van der Waals surface area (Å²) in [6.45, 7) is 3.17. The summed E-state index contributed by atoms with van der Waals surface area (Å²) in [5.74, 6) is -1.25. The standard InChI is InChI=1S/C26H28ClF2N3O3S.ClH/c27-20-7-10-22(11-8-20)36(33,34)32(25-18-21(28)9-12-23(25)29)19-24-26(6-4-13-30-24)35-17-5-16-31-14-2-1-3-15-31;/h4,6-13,18H,1-3,5,14-17,19H2;1H. The maximum absolute atomic E-state index is 14.8. The Morgan fingerprint density at radius 1 is 1.03 bits per heavy atom. The molecule has 1 aliphatic rings. The van der Waals surface area contributed by atoms with Crippen LogP contribution in [0.3, 0.4) is 0 Å². The lowest BCUT2D eigenvalue weighted by atomic mass is 10.1. The average molecular weight is 573 g/mol. The molecule has 1 fully saturated rings. The number of likely N-dealkylation sites (tertiary alicyclic amines) is 1. The lowest BCUT2D eigenvalue weighted by molar-refractivity contribution is 0.204. The van der Waals surface area contributed by atoms with Gasteiger partial charge in [-0.15, -0.1) is 12.4 Å². The van der Waals surface area contributed by atoms with Crippen molar-refractivity contribution < 1.29 is 21.9 Å². The Bertz CT molecular complexity index is 1270. The molecule has 37 heavy (non-hydrogen) atoms. The number of anilines is 1. The molecule has 0 aliphatic carbocycles. The van der Waals surface area contributed by atoms with E-state index in [0.717, 1.165) is 48.6 Å². The number of ether oxygens (including phenoxy) is 1. The summed E-state index contributed by atoms with van der Waals surface area (Å²) in [7, 11) is -4.30. The largest absolute Gasteiger partial charge is 0.492 e. The summed E-state index contributed by atoms with van der Waals surface area (Å²) >= 11 is 5.92. The van der Waals surface area contributed by atoms with Crippen LogP contribution >= 0.6 is 24.0 Å². The minimum atomic E-state index is -4.30. The monoisotopic (exact) mass is 571 g/mol. The van der Waals surface area contributed by atoms with Crippen LogP contribution in [0.15, 0.2) is 65.7 Å². The van der Waals surface area contributed by atoms with E-state index in [9.17, 15) is 17.2 Å². The second kappa shape index (κ2) is 13.4. The van der Waals surface area contributed by atoms with E-state index in [2.05, 4.69) is 9.88 Å². The molecule has 0 unspecified atom stereocenters. The van der Waals surface area contributed by atoms with E-state index in [4.69, 9.17) is 16.3 Å². The van der Waals surface area contributed by atoms with E-state index >= 15 is 0 Å². The van der Waals surface area contributed by atoms with Gasteiger partial charge in [0.15, 0.2) is 0 Å². The smallest absolute Gasteiger partial charge is 0.264 e. The van der Waals surface area contributed by atoms with Crippen molar-refractivity contribution in [3.63, 3.8) is 0 Å². The minimum absolute atomic E-state index is 0. The minimum Gasteiger partial charge on any atom is -0.492 e. The quantitative estimate of drug-likeness (QED) is 0.276. The van der Waals surface area contributed by atoms with Gasteiger partial charge in [-0.25, -0.2) is 17.2 Å². The third-order valence-electron chi connectivity index (χ3n) is 6.05. The summed E-state index contributed by atoms with van der Waals surface area (Å²) in [6, 6.07) is 11.5. The highest BCUT2D eigenvalue weighted by Gasteiger charge is 2.29. The highest BCUT2D eigenvalue weighted by Crippen LogP contribution is 2.31. The van der Waals surface area contributed by atoms with Crippen molar-refractivity contribution in [2.24, 2.45) is 0 Å². The maximum Gasteiger partial charge on any atom is 0.264 e. The molecule has 0 spiro atoms. The zero-order valence-electron chi connectivity index (χ0n) is 20.2. The van der Waals surface area contributed by atoms with Crippen LogP contribution in [0.4, 0.5) is 14.5 Å². The average Bonchev–Trinajstić information content (AvgIpc) is 2.88. The van der Waals surface area contributed by atoms with Gasteiger partial charge in [-0.05, 0) is 80.9 Å². The van der Waals surface area contributed by atoms with E-state index < -0.39 is 27.3 Å². The van der Waals surface area contributed by atoms with Gasteiger partial charge in [0.25, 0.3) is 10.0 Å². The maximum atomic E-state index is 14.8. The predicted molar refractivity (Wildman–Crippen MR) is 143 cm³/mol. The second-order valence-electron chi connectivity index (χ2n) is 8.61. The number of hydrogen-bond donors (Lipinski definition) is 0. The molecular weight excluding hydrogens is 543 g/mol. The van der Waals surface area contributed by atoms with Gasteiger partial charge in [-0.1, -0.05) is 18.0 Å². The number of piperidine rings is 1. The van der Waals surface area contributed by atoms with Gasteiger partial charge in [-0.3, -0.25) is 9.29 Å². The first-order chi connectivity index (χ1) is 17.3. The van der Waals surface area contributed by atoms with Crippen LogP contribution < -0.4 is 9.04 Å². The van der Waals surface area contributed by atoms with Crippen LogP contribution in [-0.2, 0) is 16.6 Å². The van der Waals surface area contributed by atoms with Crippen molar-refractivity contribution >= 4 is 39.7 Å². The summed E-state index contributed by atoms with van der Waals surface area (Å²) in [5.41, 5.74) is -0.136. The first-order valence-corrected chi connectivity index (χ1v) is 13.7. The Kier molecular flexibility index (Phi) is 10.5. The van der Waals surface area contributed by atoms with E-state index in [1.54, 1.807) is 12.1 Å². The third-order valence-corrected chi connectivity index (χ3v) is 8.07. The van der Waals surface area contributed by atoms with Crippen LogP contribution in [0.2, 0.25) is 5.02 Å². The number of hydrogen-bond acceptors (Lipinski definition) is 5. The molecule has 2 aromatic carbocycles. The van der Waals surface area contributed by atoms with Gasteiger partial charge in [0.1, 0.15) is 23.1 Å². The van der Waals surface area contributed by atoms with Crippen LogP contribution in [0.1, 0.15) is 31.4 Å². The van der Waals surface area contributed by atoms with Gasteiger partial charge in [0.05, 0.1) is 23.7 Å². The van der Waals surface area contributed by atoms with Crippen molar-refractivity contribution in [3.05, 3.63) is 83.1 Å². The molecule has 0 amide bonds. The Morgan fingerprint density at radius 3 is 2.49 bits per heavy atom. The van der Waals surface area contributed by atoms with Crippen molar-refractivity contribution in [1.82, 2.24) is 9.88 Å². The zero-order valence-corrected chi connectivity index (χ0v) is 22.5. The highest BCUT2D eigenvalue weighted by molar-refractivity contribution is 7.92. The number of aromatic nitrogens is 1. The number of pyridine rings is 1. The molecule has 3 aromatic rings. The van der Waals surface area contributed by atoms with Gasteiger partial charge < -0.3 is 9.64 Å². The summed E-state index contributed by atoms with van der Waals surface area (Å²) in [4.78, 5) is 6.60. The highest BCUT2D eigenvalue weighted by atomic mass is 35.5. The van der Waals surface area contributed by atoms with Crippen molar-refractivity contribution in [1.29, 1.82) is 0 Å². The Hall–Kier alpha value is -2.46. The molecule has 4 rings (SSSR count). The summed E-state index contributed by atoms with van der Waals surface area (Å²) in [5, 5.41) is 0.349. The molecule has 6 nitrogen and oxygen atoms in total. The Morgan fingerprint density at radius 2 is 1.76 bits per heavy atom. The van der Waals surface area contributed by atoms with Crippen LogP contribution in [0.25, 0.3) is 0 Å². The Labute approximate surface area is 227 Å². The number of nitrogens with zero attached hydrogens (tertiary/aromatic N) is 3. The topological polar surface area (TPSA) is 62.7 Å². The van der Waals surface area contributed by atoms with Gasteiger partial charge in [0.2, 0.25) is 0 Å². The van der Waals surface area contributed by atoms with Gasteiger partial charge in [-0.2, -0.15) is 0 Å². The van der Waals surface area contributed by atoms with E-state index in [1.165, 1.54) is 49.7 Å². The van der Waals surface area contributed by atoms with E-state index in [0.29, 0.717) is 17.4 Å². The molecule has 0 radical (unpaired) electrons. The fourth-order valence-electron chi connectivity index (χ4n) is 4.17. The molecule has 0 N–H and O–H groups in total. The first-order valence-electron chi connectivity index (χ1n) is 11.9. The molecule has 1 saturated heterocycles.